The van der Waals surface area contributed by atoms with Gasteiger partial charge in [-0.1, -0.05) is 36.4 Å². The van der Waals surface area contributed by atoms with Gasteiger partial charge in [-0.25, -0.2) is 0 Å². The van der Waals surface area contributed by atoms with Crippen LogP contribution < -0.4 is 20.7 Å². The third-order valence-electron chi connectivity index (χ3n) is 6.57. The topological polar surface area (TPSA) is 82.7 Å². The van der Waals surface area contributed by atoms with Gasteiger partial charge < -0.3 is 25.6 Å². The minimum absolute atomic E-state index is 0.000738. The lowest BCUT2D eigenvalue weighted by molar-refractivity contribution is -0.121. The second kappa shape index (κ2) is 9.71. The normalized spacial score (nSPS) is 24.6. The van der Waals surface area contributed by atoms with Gasteiger partial charge in [-0.15, -0.1) is 0 Å². The van der Waals surface area contributed by atoms with Crippen LogP contribution in [-0.2, 0) is 4.79 Å². The molecule has 2 aromatic rings. The molecule has 0 spiro atoms. The van der Waals surface area contributed by atoms with E-state index in [2.05, 4.69) is 28.1 Å². The molecule has 3 atom stereocenters. The predicted octanol–water partition coefficient (Wildman–Crippen LogP) is 1.97. The molecule has 0 bridgehead atoms. The Labute approximate surface area is 189 Å². The summed E-state index contributed by atoms with van der Waals surface area (Å²) in [5.41, 5.74) is 1.46. The number of benzene rings is 2. The number of carbonyl (C=O) groups is 2. The van der Waals surface area contributed by atoms with Gasteiger partial charge in [-0.3, -0.25) is 9.59 Å². The van der Waals surface area contributed by atoms with E-state index in [1.807, 2.05) is 54.4 Å². The molecule has 32 heavy (non-hydrogen) atoms. The van der Waals surface area contributed by atoms with E-state index in [1.54, 1.807) is 6.92 Å². The van der Waals surface area contributed by atoms with Crippen molar-refractivity contribution in [1.82, 2.24) is 20.9 Å². The van der Waals surface area contributed by atoms with Crippen LogP contribution >= 0.6 is 0 Å². The fourth-order valence-electron chi connectivity index (χ4n) is 5.02. The predicted molar refractivity (Wildman–Crippen MR) is 124 cm³/mol. The van der Waals surface area contributed by atoms with Crippen molar-refractivity contribution in [2.45, 2.75) is 24.9 Å². The van der Waals surface area contributed by atoms with Crippen molar-refractivity contribution in [1.29, 1.82) is 0 Å². The Hall–Kier alpha value is -2.90. The van der Waals surface area contributed by atoms with Crippen LogP contribution in [0, 0.1) is 5.92 Å². The second-order valence-electron chi connectivity index (χ2n) is 8.69. The van der Waals surface area contributed by atoms with Crippen LogP contribution in [0.2, 0.25) is 0 Å². The summed E-state index contributed by atoms with van der Waals surface area (Å²) < 4.78 is 5.74. The molecule has 7 nitrogen and oxygen atoms in total. The fraction of sp³-hybridized carbons (Fsp3) is 0.440. The maximum absolute atomic E-state index is 13.4. The lowest BCUT2D eigenvalue weighted by Crippen LogP contribution is -2.61. The summed E-state index contributed by atoms with van der Waals surface area (Å²) in [7, 11) is 1.88. The largest absolute Gasteiger partial charge is 0.492 e. The van der Waals surface area contributed by atoms with E-state index in [0.717, 1.165) is 13.0 Å². The highest BCUT2D eigenvalue weighted by Gasteiger charge is 2.52. The molecular formula is C25H32N4O3. The van der Waals surface area contributed by atoms with Crippen molar-refractivity contribution in [2.24, 2.45) is 5.92 Å². The molecule has 4 rings (SSSR count). The molecule has 2 aromatic carbocycles. The van der Waals surface area contributed by atoms with Gasteiger partial charge in [0.15, 0.2) is 0 Å². The number of nitrogens with one attached hydrogen (secondary N) is 3. The lowest BCUT2D eigenvalue weighted by Gasteiger charge is -2.45. The maximum atomic E-state index is 13.4. The van der Waals surface area contributed by atoms with Gasteiger partial charge in [0.1, 0.15) is 12.4 Å². The highest BCUT2D eigenvalue weighted by Crippen LogP contribution is 2.42. The molecule has 170 valence electrons. The van der Waals surface area contributed by atoms with Gasteiger partial charge in [0.2, 0.25) is 5.91 Å². The molecule has 7 heteroatoms. The molecule has 2 aliphatic heterocycles. The van der Waals surface area contributed by atoms with Crippen LogP contribution in [0.3, 0.4) is 0 Å². The Morgan fingerprint density at radius 2 is 2.00 bits per heavy atom. The molecule has 0 aliphatic carbocycles. The Morgan fingerprint density at radius 1 is 1.19 bits per heavy atom. The van der Waals surface area contributed by atoms with Crippen LogP contribution in [0.15, 0.2) is 54.6 Å². The van der Waals surface area contributed by atoms with Crippen molar-refractivity contribution in [2.75, 3.05) is 39.8 Å². The van der Waals surface area contributed by atoms with E-state index in [4.69, 9.17) is 4.74 Å². The van der Waals surface area contributed by atoms with Gasteiger partial charge in [0, 0.05) is 50.6 Å². The highest BCUT2D eigenvalue weighted by atomic mass is 16.5. The zero-order chi connectivity index (χ0) is 22.6. The van der Waals surface area contributed by atoms with E-state index in [-0.39, 0.29) is 29.3 Å². The van der Waals surface area contributed by atoms with Crippen LogP contribution in [0.4, 0.5) is 0 Å². The second-order valence-corrected chi connectivity index (χ2v) is 8.69. The lowest BCUT2D eigenvalue weighted by atomic mass is 9.75. The summed E-state index contributed by atoms with van der Waals surface area (Å²) in [5, 5.41) is 9.90. The average molecular weight is 437 g/mol. The van der Waals surface area contributed by atoms with Gasteiger partial charge >= 0.3 is 0 Å². The summed E-state index contributed by atoms with van der Waals surface area (Å²) >= 11 is 0. The number of carbonyl (C=O) groups excluding carboxylic acids is 2. The first kappa shape index (κ1) is 22.3. The Bertz CT molecular complexity index is 951. The van der Waals surface area contributed by atoms with Gasteiger partial charge in [0.25, 0.3) is 5.91 Å². The molecule has 2 amide bonds. The van der Waals surface area contributed by atoms with E-state index in [9.17, 15) is 9.59 Å². The molecule has 2 fully saturated rings. The minimum Gasteiger partial charge on any atom is -0.492 e. The maximum Gasteiger partial charge on any atom is 0.254 e. The zero-order valence-electron chi connectivity index (χ0n) is 18.8. The van der Waals surface area contributed by atoms with Crippen LogP contribution in [-0.4, -0.2) is 62.1 Å². The zero-order valence-corrected chi connectivity index (χ0v) is 18.8. The third-order valence-corrected chi connectivity index (χ3v) is 6.57. The van der Waals surface area contributed by atoms with Gasteiger partial charge in [0.05, 0.1) is 5.54 Å². The molecule has 0 aromatic heterocycles. The number of likely N-dealkylation sites (N-methyl/N-ethyl adjacent to an activating group) is 1. The summed E-state index contributed by atoms with van der Waals surface area (Å²) in [6.45, 7) is 4.74. The van der Waals surface area contributed by atoms with E-state index in [0.29, 0.717) is 37.6 Å². The van der Waals surface area contributed by atoms with Crippen molar-refractivity contribution in [3.8, 4) is 5.75 Å². The van der Waals surface area contributed by atoms with Crippen LogP contribution in [0.1, 0.15) is 35.3 Å². The van der Waals surface area contributed by atoms with Crippen molar-refractivity contribution >= 4 is 11.8 Å². The molecule has 0 radical (unpaired) electrons. The quantitative estimate of drug-likeness (QED) is 0.578. The number of hydrogen-bond acceptors (Lipinski definition) is 5. The number of hydrogen-bond donors (Lipinski definition) is 3. The number of amides is 2. The summed E-state index contributed by atoms with van der Waals surface area (Å²) in [5.74, 6) is 0.748. The first-order valence-corrected chi connectivity index (χ1v) is 11.3. The first-order chi connectivity index (χ1) is 15.5. The van der Waals surface area contributed by atoms with Gasteiger partial charge in [-0.2, -0.15) is 0 Å². The summed E-state index contributed by atoms with van der Waals surface area (Å²) in [6.07, 6.45) is 0.720. The first-order valence-electron chi connectivity index (χ1n) is 11.3. The monoisotopic (exact) mass is 436 g/mol. The van der Waals surface area contributed by atoms with Crippen LogP contribution in [0.5, 0.6) is 5.75 Å². The van der Waals surface area contributed by atoms with Crippen molar-refractivity contribution < 1.29 is 14.3 Å². The Balaban J connectivity index is 1.54. The number of piperidine rings is 1. The minimum atomic E-state index is -0.346. The molecule has 0 unspecified atom stereocenters. The number of ether oxygens (including phenoxy) is 1. The summed E-state index contributed by atoms with van der Waals surface area (Å²) in [4.78, 5) is 27.3. The number of nitrogens with zero attached hydrogens (tertiary/aromatic N) is 1. The van der Waals surface area contributed by atoms with Crippen molar-refractivity contribution in [3.05, 3.63) is 65.7 Å². The Morgan fingerprint density at radius 3 is 2.75 bits per heavy atom. The Kier molecular flexibility index (Phi) is 6.77. The summed E-state index contributed by atoms with van der Waals surface area (Å²) in [6, 6.07) is 17.7. The third kappa shape index (κ3) is 4.64. The number of likely N-dealkylation sites (tertiary alicyclic amines) is 1. The SMILES string of the molecule is CNCCOc1cccc(C(=O)N2CC[C@@]3(NC(C)=O)CN[C@H](c4ccccc4)[C@H]3C2)c1. The average Bonchev–Trinajstić information content (AvgIpc) is 3.17. The van der Waals surface area contributed by atoms with E-state index < -0.39 is 0 Å². The smallest absolute Gasteiger partial charge is 0.254 e. The van der Waals surface area contributed by atoms with E-state index in [1.165, 1.54) is 5.56 Å². The number of fused-ring (bicyclic) bond motifs is 1. The molecule has 3 N–H and O–H groups in total. The molecule has 2 heterocycles. The number of rotatable bonds is 7. The molecule has 2 saturated heterocycles. The van der Waals surface area contributed by atoms with Gasteiger partial charge in [-0.05, 0) is 37.2 Å². The molecular weight excluding hydrogens is 404 g/mol. The standard InChI is InChI=1S/C25H32N4O3/c1-18(30)28-25-11-13-29(16-22(25)23(27-17-25)19-7-4-3-5-8-19)24(31)20-9-6-10-21(15-20)32-14-12-26-2/h3-10,15,22-23,26-27H,11-14,16-17H2,1-2H3,(H,28,30)/t22-,23-,25-/m1/s1. The van der Waals surface area contributed by atoms with Crippen LogP contribution in [0.25, 0.3) is 0 Å². The highest BCUT2D eigenvalue weighted by molar-refractivity contribution is 5.94. The van der Waals surface area contributed by atoms with E-state index >= 15 is 0 Å². The fourth-order valence-corrected chi connectivity index (χ4v) is 5.02. The van der Waals surface area contributed by atoms with Crippen molar-refractivity contribution in [3.63, 3.8) is 0 Å². The molecule has 2 aliphatic rings. The molecule has 0 saturated carbocycles.